The van der Waals surface area contributed by atoms with Crippen LogP contribution in [0.5, 0.6) is 0 Å². The SMILES string of the molecule is CC(C)(Nc1ncc(C(=O)NO)cc1F)c1ccccn1. The summed E-state index contributed by atoms with van der Waals surface area (Å²) in [5.41, 5.74) is 1.44. The molecule has 0 aromatic carbocycles. The summed E-state index contributed by atoms with van der Waals surface area (Å²) in [6.07, 6.45) is 2.82. The van der Waals surface area contributed by atoms with Crippen molar-refractivity contribution >= 4 is 11.7 Å². The predicted molar refractivity (Wildman–Crippen MR) is 74.3 cm³/mol. The van der Waals surface area contributed by atoms with Gasteiger partial charge >= 0.3 is 0 Å². The minimum Gasteiger partial charge on any atom is -0.357 e. The van der Waals surface area contributed by atoms with Crippen molar-refractivity contribution in [2.75, 3.05) is 5.32 Å². The third-order valence-electron chi connectivity index (χ3n) is 2.94. The van der Waals surface area contributed by atoms with E-state index in [1.807, 2.05) is 26.0 Å². The van der Waals surface area contributed by atoms with E-state index in [0.29, 0.717) is 0 Å². The van der Waals surface area contributed by atoms with Crippen LogP contribution in [0.3, 0.4) is 0 Å². The van der Waals surface area contributed by atoms with Crippen molar-refractivity contribution in [3.8, 4) is 0 Å². The third-order valence-corrected chi connectivity index (χ3v) is 2.94. The maximum absolute atomic E-state index is 14.0. The number of hydrogen-bond acceptors (Lipinski definition) is 5. The molecule has 110 valence electrons. The van der Waals surface area contributed by atoms with Gasteiger partial charge in [0.05, 0.1) is 16.8 Å². The normalized spacial score (nSPS) is 11.0. The number of pyridine rings is 2. The van der Waals surface area contributed by atoms with E-state index in [-0.39, 0.29) is 11.4 Å². The molecule has 0 atom stereocenters. The van der Waals surface area contributed by atoms with Crippen LogP contribution in [-0.4, -0.2) is 21.1 Å². The van der Waals surface area contributed by atoms with Gasteiger partial charge in [0.1, 0.15) is 0 Å². The third kappa shape index (κ3) is 3.32. The van der Waals surface area contributed by atoms with Gasteiger partial charge in [0.25, 0.3) is 5.91 Å². The number of amides is 1. The fourth-order valence-corrected chi connectivity index (χ4v) is 1.81. The van der Waals surface area contributed by atoms with E-state index in [9.17, 15) is 9.18 Å². The Hall–Kier alpha value is -2.54. The largest absolute Gasteiger partial charge is 0.357 e. The van der Waals surface area contributed by atoms with Crippen LogP contribution in [0.2, 0.25) is 0 Å². The summed E-state index contributed by atoms with van der Waals surface area (Å²) < 4.78 is 14.0. The van der Waals surface area contributed by atoms with E-state index >= 15 is 0 Å². The summed E-state index contributed by atoms with van der Waals surface area (Å²) >= 11 is 0. The van der Waals surface area contributed by atoms with Gasteiger partial charge in [0.15, 0.2) is 11.6 Å². The zero-order valence-corrected chi connectivity index (χ0v) is 11.6. The zero-order valence-electron chi connectivity index (χ0n) is 11.6. The second kappa shape index (κ2) is 5.84. The van der Waals surface area contributed by atoms with Gasteiger partial charge in [-0.2, -0.15) is 0 Å². The fraction of sp³-hybridized carbons (Fsp3) is 0.214. The molecule has 2 heterocycles. The highest BCUT2D eigenvalue weighted by Crippen LogP contribution is 2.24. The number of carbonyl (C=O) groups is 1. The number of rotatable bonds is 4. The molecule has 21 heavy (non-hydrogen) atoms. The Morgan fingerprint density at radius 1 is 1.33 bits per heavy atom. The predicted octanol–water partition coefficient (Wildman–Crippen LogP) is 2.08. The van der Waals surface area contributed by atoms with Crippen molar-refractivity contribution in [3.63, 3.8) is 0 Å². The lowest BCUT2D eigenvalue weighted by molar-refractivity contribution is 0.0705. The number of carbonyl (C=O) groups excluding carboxylic acids is 1. The maximum atomic E-state index is 14.0. The van der Waals surface area contributed by atoms with Crippen molar-refractivity contribution in [1.29, 1.82) is 0 Å². The van der Waals surface area contributed by atoms with Crippen LogP contribution < -0.4 is 10.8 Å². The average molecular weight is 290 g/mol. The van der Waals surface area contributed by atoms with Gasteiger partial charge in [-0.05, 0) is 32.0 Å². The van der Waals surface area contributed by atoms with Gasteiger partial charge in [0, 0.05) is 12.4 Å². The maximum Gasteiger partial charge on any atom is 0.276 e. The van der Waals surface area contributed by atoms with Crippen LogP contribution >= 0.6 is 0 Å². The van der Waals surface area contributed by atoms with E-state index in [0.717, 1.165) is 11.8 Å². The minimum atomic E-state index is -0.822. The lowest BCUT2D eigenvalue weighted by Gasteiger charge is -2.26. The number of hydroxylamine groups is 1. The quantitative estimate of drug-likeness (QED) is 0.593. The van der Waals surface area contributed by atoms with E-state index in [2.05, 4.69) is 15.3 Å². The van der Waals surface area contributed by atoms with E-state index in [1.54, 1.807) is 12.3 Å². The Kier molecular flexibility index (Phi) is 4.13. The molecular weight excluding hydrogens is 275 g/mol. The van der Waals surface area contributed by atoms with Gasteiger partial charge in [-0.1, -0.05) is 6.07 Å². The van der Waals surface area contributed by atoms with Gasteiger partial charge in [-0.25, -0.2) is 14.9 Å². The lowest BCUT2D eigenvalue weighted by atomic mass is 10.00. The molecule has 1 amide bonds. The highest BCUT2D eigenvalue weighted by atomic mass is 19.1. The molecular formula is C14H15FN4O2. The number of halogens is 1. The molecule has 7 heteroatoms. The summed E-state index contributed by atoms with van der Waals surface area (Å²) in [4.78, 5) is 19.3. The first-order chi connectivity index (χ1) is 9.94. The number of aromatic nitrogens is 2. The highest BCUT2D eigenvalue weighted by molar-refractivity contribution is 5.93. The van der Waals surface area contributed by atoms with Gasteiger partial charge in [-0.15, -0.1) is 0 Å². The summed E-state index contributed by atoms with van der Waals surface area (Å²) in [6.45, 7) is 3.68. The molecule has 2 rings (SSSR count). The van der Waals surface area contributed by atoms with Crippen molar-refractivity contribution in [3.05, 3.63) is 53.7 Å². The van der Waals surface area contributed by atoms with Crippen molar-refractivity contribution in [1.82, 2.24) is 15.4 Å². The van der Waals surface area contributed by atoms with Gasteiger partial charge < -0.3 is 5.32 Å². The second-order valence-electron chi connectivity index (χ2n) is 4.96. The monoisotopic (exact) mass is 290 g/mol. The molecule has 6 nitrogen and oxygen atoms in total. The second-order valence-corrected chi connectivity index (χ2v) is 4.96. The summed E-state index contributed by atoms with van der Waals surface area (Å²) in [5, 5.41) is 11.5. The molecule has 3 N–H and O–H groups in total. The van der Waals surface area contributed by atoms with Crippen LogP contribution in [0.15, 0.2) is 36.7 Å². The summed E-state index contributed by atoms with van der Waals surface area (Å²) in [5.74, 6) is -1.52. The van der Waals surface area contributed by atoms with Crippen LogP contribution in [-0.2, 0) is 5.54 Å². The lowest BCUT2D eigenvalue weighted by Crippen LogP contribution is -2.30. The Morgan fingerprint density at radius 2 is 2.10 bits per heavy atom. The smallest absolute Gasteiger partial charge is 0.276 e. The van der Waals surface area contributed by atoms with Crippen LogP contribution in [0.4, 0.5) is 10.2 Å². The molecule has 2 aromatic rings. The first-order valence-corrected chi connectivity index (χ1v) is 6.24. The molecule has 0 fully saturated rings. The molecule has 0 unspecified atom stereocenters. The van der Waals surface area contributed by atoms with Crippen molar-refractivity contribution < 1.29 is 14.4 Å². The molecule has 0 aliphatic heterocycles. The zero-order chi connectivity index (χ0) is 15.5. The summed E-state index contributed by atoms with van der Waals surface area (Å²) in [7, 11) is 0. The molecule has 0 radical (unpaired) electrons. The van der Waals surface area contributed by atoms with E-state index in [4.69, 9.17) is 5.21 Å². The van der Waals surface area contributed by atoms with E-state index in [1.165, 1.54) is 11.7 Å². The average Bonchev–Trinajstić information content (AvgIpc) is 2.49. The van der Waals surface area contributed by atoms with Crippen molar-refractivity contribution in [2.24, 2.45) is 0 Å². The Labute approximate surface area is 121 Å². The number of anilines is 1. The first-order valence-electron chi connectivity index (χ1n) is 6.24. The number of nitrogens with zero attached hydrogens (tertiary/aromatic N) is 2. The van der Waals surface area contributed by atoms with Crippen molar-refractivity contribution in [2.45, 2.75) is 19.4 Å². The van der Waals surface area contributed by atoms with Gasteiger partial charge in [-0.3, -0.25) is 15.0 Å². The molecule has 0 aliphatic carbocycles. The fourth-order valence-electron chi connectivity index (χ4n) is 1.81. The minimum absolute atomic E-state index is 0.000132. The molecule has 0 saturated carbocycles. The van der Waals surface area contributed by atoms with E-state index < -0.39 is 17.3 Å². The number of nitrogens with one attached hydrogen (secondary N) is 2. The molecule has 2 aromatic heterocycles. The highest BCUT2D eigenvalue weighted by Gasteiger charge is 2.24. The summed E-state index contributed by atoms with van der Waals surface area (Å²) in [6, 6.07) is 6.44. The van der Waals surface area contributed by atoms with Crippen LogP contribution in [0.25, 0.3) is 0 Å². The Bertz CT molecular complexity index is 647. The molecule has 0 bridgehead atoms. The molecule has 0 spiro atoms. The molecule has 0 aliphatic rings. The Balaban J connectivity index is 2.26. The number of hydrogen-bond donors (Lipinski definition) is 3. The topological polar surface area (TPSA) is 87.1 Å². The van der Waals surface area contributed by atoms with Gasteiger partial charge in [0.2, 0.25) is 0 Å². The van der Waals surface area contributed by atoms with Crippen LogP contribution in [0, 0.1) is 5.82 Å². The first kappa shape index (κ1) is 14.9. The Morgan fingerprint density at radius 3 is 2.67 bits per heavy atom. The molecule has 0 saturated heterocycles. The standard InChI is InChI=1S/C14H15FN4O2/c1-14(2,11-5-3-4-6-16-11)18-12-10(15)7-9(8-17-12)13(20)19-21/h3-8,21H,1-2H3,(H,17,18)(H,19,20). The van der Waals surface area contributed by atoms with Crippen LogP contribution in [0.1, 0.15) is 29.9 Å².